The first kappa shape index (κ1) is 52.5. The van der Waals surface area contributed by atoms with Gasteiger partial charge in [0.1, 0.15) is 35.2 Å². The zero-order valence-electron chi connectivity index (χ0n) is 44.7. The topological polar surface area (TPSA) is 206 Å². The van der Waals surface area contributed by atoms with Gasteiger partial charge in [0.05, 0.1) is 30.5 Å². The Morgan fingerprint density at radius 3 is 1.80 bits per heavy atom. The fourth-order valence-electron chi connectivity index (χ4n) is 10.3. The fraction of sp³-hybridized carbons (Fsp3) is 0.491. The van der Waals surface area contributed by atoms with E-state index in [1.54, 1.807) is 57.5 Å². The van der Waals surface area contributed by atoms with Gasteiger partial charge in [-0.05, 0) is 117 Å². The Kier molecular flexibility index (Phi) is 14.8. The number of H-pyrrole nitrogens is 1. The number of fused-ring (bicyclic) bond motifs is 2. The number of allylic oxidation sites excluding steroid dienone is 1. The van der Waals surface area contributed by atoms with Crippen molar-refractivity contribution in [3.05, 3.63) is 95.6 Å². The number of benzene rings is 3. The van der Waals surface area contributed by atoms with E-state index in [1.807, 2.05) is 63.1 Å². The molecule has 0 saturated carbocycles. The molecular formula is C57H70N8O10. The number of aliphatic imine (C=N–C) groups is 1. The van der Waals surface area contributed by atoms with Crippen molar-refractivity contribution < 1.29 is 47.7 Å². The summed E-state index contributed by atoms with van der Waals surface area (Å²) in [6.07, 6.45) is 3.62. The molecule has 3 aromatic carbocycles. The van der Waals surface area contributed by atoms with E-state index in [-0.39, 0.29) is 43.0 Å². The molecule has 1 aromatic heterocycles. The maximum atomic E-state index is 14.6. The van der Waals surface area contributed by atoms with Gasteiger partial charge in [0, 0.05) is 44.4 Å². The van der Waals surface area contributed by atoms with Gasteiger partial charge in [-0.3, -0.25) is 19.5 Å². The molecule has 398 valence electrons. The second-order valence-electron chi connectivity index (χ2n) is 22.8. The number of aromatic amines is 1. The molecule has 5 atom stereocenters. The third-order valence-corrected chi connectivity index (χ3v) is 14.1. The molecular weight excluding hydrogens is 957 g/mol. The van der Waals surface area contributed by atoms with Crippen molar-refractivity contribution in [3.63, 3.8) is 0 Å². The van der Waals surface area contributed by atoms with Crippen LogP contribution in [0.25, 0.3) is 28.0 Å². The zero-order valence-corrected chi connectivity index (χ0v) is 44.7. The quantitative estimate of drug-likeness (QED) is 0.114. The molecule has 1 unspecified atom stereocenters. The van der Waals surface area contributed by atoms with E-state index >= 15 is 0 Å². The summed E-state index contributed by atoms with van der Waals surface area (Å²) in [4.78, 5) is 86.2. The first-order chi connectivity index (χ1) is 35.6. The highest BCUT2D eigenvalue weighted by molar-refractivity contribution is 6.04. The summed E-state index contributed by atoms with van der Waals surface area (Å²) in [6.45, 7) is 19.8. The van der Waals surface area contributed by atoms with E-state index in [1.165, 1.54) is 0 Å². The van der Waals surface area contributed by atoms with Gasteiger partial charge in [0.2, 0.25) is 18.6 Å². The lowest BCUT2D eigenvalue weighted by atomic mass is 9.95. The van der Waals surface area contributed by atoms with Crippen LogP contribution in [0.4, 0.5) is 14.4 Å². The number of likely N-dealkylation sites (tertiary alicyclic amines) is 2. The molecule has 5 amide bonds. The minimum atomic E-state index is -0.899. The molecule has 2 saturated heterocycles. The van der Waals surface area contributed by atoms with Gasteiger partial charge >= 0.3 is 18.3 Å². The molecule has 9 rings (SSSR count). The number of imidazole rings is 1. The van der Waals surface area contributed by atoms with E-state index in [4.69, 9.17) is 33.7 Å². The summed E-state index contributed by atoms with van der Waals surface area (Å²) in [5.74, 6) is 1.13. The molecule has 0 aliphatic carbocycles. The molecule has 18 heteroatoms. The molecule has 0 bridgehead atoms. The number of hydrogen-bond donors (Lipinski definition) is 3. The second-order valence-corrected chi connectivity index (χ2v) is 22.8. The average Bonchev–Trinajstić information content (AvgIpc) is 4.22. The fourth-order valence-corrected chi connectivity index (χ4v) is 10.3. The van der Waals surface area contributed by atoms with Crippen LogP contribution in [0.15, 0.2) is 78.1 Å². The lowest BCUT2D eigenvalue weighted by Gasteiger charge is -2.31. The van der Waals surface area contributed by atoms with Gasteiger partial charge in [0.25, 0.3) is 0 Å². The summed E-state index contributed by atoms with van der Waals surface area (Å²) in [7, 11) is 0. The summed E-state index contributed by atoms with van der Waals surface area (Å²) in [5, 5.41) is 5.62. The lowest BCUT2D eigenvalue weighted by molar-refractivity contribution is -0.136. The molecule has 6 heterocycles. The minimum Gasteiger partial charge on any atom is -0.454 e. The molecule has 18 nitrogen and oxygen atoms in total. The Hall–Kier alpha value is -7.37. The number of hydrogen-bond acceptors (Lipinski definition) is 12. The van der Waals surface area contributed by atoms with Crippen LogP contribution in [0.1, 0.15) is 123 Å². The number of carbonyl (C=O) groups excluding carboxylic acids is 5. The SMILES string of the molecule is CC(C)[C@H](NC(=O)OC(C)(C)C)C(=O)N1C[C@H](OC(=O)N2Cc3cc4c(cc3C2)OCO4)CC1C1=NC=C(c2ccc(-c3ccc(-c4cnc([C@@H]5CCCN5C(=O)[C@@H](NC(=O)OC(C)(C)C)C(C)C)[nH]4)cc3)cc2)C1. The van der Waals surface area contributed by atoms with Crippen molar-refractivity contribution in [2.24, 2.45) is 16.8 Å². The maximum Gasteiger partial charge on any atom is 0.410 e. The van der Waals surface area contributed by atoms with Crippen LogP contribution >= 0.6 is 0 Å². The van der Waals surface area contributed by atoms with E-state index in [2.05, 4.69) is 52.0 Å². The van der Waals surface area contributed by atoms with Gasteiger partial charge in [-0.15, -0.1) is 0 Å². The highest BCUT2D eigenvalue weighted by Gasteiger charge is 2.45. The van der Waals surface area contributed by atoms with Crippen LogP contribution in [0.3, 0.4) is 0 Å². The predicted octanol–water partition coefficient (Wildman–Crippen LogP) is 9.54. The first-order valence-electron chi connectivity index (χ1n) is 26.1. The predicted molar refractivity (Wildman–Crippen MR) is 281 cm³/mol. The highest BCUT2D eigenvalue weighted by atomic mass is 16.7. The van der Waals surface area contributed by atoms with Crippen LogP contribution in [-0.4, -0.2) is 116 Å². The van der Waals surface area contributed by atoms with Crippen molar-refractivity contribution in [2.45, 2.75) is 149 Å². The Bertz CT molecular complexity index is 2840. The summed E-state index contributed by atoms with van der Waals surface area (Å²) >= 11 is 0. The molecule has 75 heavy (non-hydrogen) atoms. The Balaban J connectivity index is 0.845. The molecule has 3 N–H and O–H groups in total. The van der Waals surface area contributed by atoms with Crippen LogP contribution in [0.2, 0.25) is 0 Å². The van der Waals surface area contributed by atoms with Crippen LogP contribution < -0.4 is 20.1 Å². The molecule has 0 spiro atoms. The largest absolute Gasteiger partial charge is 0.454 e. The number of alkyl carbamates (subject to hydrolysis) is 2. The number of amides is 5. The van der Waals surface area contributed by atoms with Gasteiger partial charge in [-0.1, -0.05) is 76.2 Å². The summed E-state index contributed by atoms with van der Waals surface area (Å²) in [5.41, 5.74) is 7.06. The zero-order chi connectivity index (χ0) is 53.5. The Morgan fingerprint density at radius 2 is 1.25 bits per heavy atom. The first-order valence-corrected chi connectivity index (χ1v) is 26.1. The van der Waals surface area contributed by atoms with E-state index < -0.39 is 53.7 Å². The van der Waals surface area contributed by atoms with Crippen LogP contribution in [0.5, 0.6) is 11.5 Å². The number of nitrogens with zero attached hydrogens (tertiary/aromatic N) is 5. The number of rotatable bonds is 12. The molecule has 0 radical (unpaired) electrons. The average molecular weight is 1030 g/mol. The summed E-state index contributed by atoms with van der Waals surface area (Å²) < 4.78 is 28.3. The van der Waals surface area contributed by atoms with Gasteiger partial charge in [-0.25, -0.2) is 19.4 Å². The number of carbonyl (C=O) groups is 5. The highest BCUT2D eigenvalue weighted by Crippen LogP contribution is 2.40. The van der Waals surface area contributed by atoms with Gasteiger partial charge < -0.3 is 49.1 Å². The molecule has 4 aromatic rings. The van der Waals surface area contributed by atoms with E-state index in [9.17, 15) is 24.0 Å². The lowest BCUT2D eigenvalue weighted by Crippen LogP contribution is -2.54. The van der Waals surface area contributed by atoms with E-state index in [0.717, 1.165) is 63.2 Å². The van der Waals surface area contributed by atoms with Crippen molar-refractivity contribution in [2.75, 3.05) is 19.9 Å². The Labute approximate surface area is 438 Å². The van der Waals surface area contributed by atoms with E-state index in [0.29, 0.717) is 49.8 Å². The molecule has 5 aliphatic heterocycles. The van der Waals surface area contributed by atoms with Crippen molar-refractivity contribution in [3.8, 4) is 33.9 Å². The smallest absolute Gasteiger partial charge is 0.410 e. The number of aromatic nitrogens is 2. The number of ether oxygens (including phenoxy) is 5. The normalized spacial score (nSPS) is 19.9. The monoisotopic (exact) mass is 1030 g/mol. The molecule has 5 aliphatic rings. The second kappa shape index (κ2) is 21.1. The Morgan fingerprint density at radius 1 is 0.720 bits per heavy atom. The van der Waals surface area contributed by atoms with Gasteiger partial charge in [-0.2, -0.15) is 0 Å². The van der Waals surface area contributed by atoms with Crippen LogP contribution in [0, 0.1) is 11.8 Å². The van der Waals surface area contributed by atoms with Crippen molar-refractivity contribution in [1.29, 1.82) is 0 Å². The maximum absolute atomic E-state index is 14.6. The minimum absolute atomic E-state index is 0.129. The van der Waals surface area contributed by atoms with Crippen molar-refractivity contribution in [1.82, 2.24) is 35.3 Å². The standard InChI is InChI=1S/C57H70N8O10/c1-32(2)48(61-53(68)74-56(5,6)7)51(66)64-21-11-12-44(64)50-59-27-43(60-50)37-19-17-35(18-20-37)34-13-15-36(16-14-34)38-22-42(58-26-38)45-25-41(30-65(45)52(67)49(33(3)4)62-54(69)75-57(8,9)10)73-55(70)63-28-39-23-46-47(72-31-71-46)24-40(39)29-63/h13-20,23-24,26-27,32-33,41,44-45,48-49H,11-12,21-22,25,28-31H2,1-10H3,(H,59,60)(H,61,68)(H,62,69)/t41-,44+,45?,48+,49+/m1/s1. The molecule has 2 fully saturated rings. The van der Waals surface area contributed by atoms with Crippen molar-refractivity contribution >= 4 is 41.4 Å². The van der Waals surface area contributed by atoms with Gasteiger partial charge in [0.15, 0.2) is 11.5 Å². The summed E-state index contributed by atoms with van der Waals surface area (Å²) in [6, 6.07) is 17.9. The third kappa shape index (κ3) is 11.9. The van der Waals surface area contributed by atoms with Crippen LogP contribution in [-0.2, 0) is 36.9 Å². The number of nitrogens with one attached hydrogen (secondary N) is 3. The third-order valence-electron chi connectivity index (χ3n) is 14.1.